The number of hydrogen-bond donors (Lipinski definition) is 2. The standard InChI is InChI=1S/C19H32N4O/c1-19(2,3)21-18(24)20-14-17(23-12-6-7-13-23)15-8-10-16(11-9-15)22(4)5/h8-11,17H,6-7,12-14H2,1-5H3,(H2,20,21,24)/t17-/m0/s1. The topological polar surface area (TPSA) is 47.6 Å². The molecule has 0 spiro atoms. The van der Waals surface area contributed by atoms with Crippen LogP contribution < -0.4 is 15.5 Å². The van der Waals surface area contributed by atoms with Crippen molar-refractivity contribution in [1.29, 1.82) is 0 Å². The van der Waals surface area contributed by atoms with Crippen LogP contribution in [0.4, 0.5) is 10.5 Å². The van der Waals surface area contributed by atoms with Crippen molar-refractivity contribution in [3.8, 4) is 0 Å². The van der Waals surface area contributed by atoms with Crippen LogP contribution in [0.15, 0.2) is 24.3 Å². The molecule has 2 amide bonds. The zero-order valence-corrected chi connectivity index (χ0v) is 15.7. The summed E-state index contributed by atoms with van der Waals surface area (Å²) in [7, 11) is 4.09. The van der Waals surface area contributed by atoms with Crippen molar-refractivity contribution in [2.75, 3.05) is 38.6 Å². The number of likely N-dealkylation sites (tertiary alicyclic amines) is 1. The maximum Gasteiger partial charge on any atom is 0.315 e. The Labute approximate surface area is 146 Å². The molecule has 24 heavy (non-hydrogen) atoms. The molecule has 134 valence electrons. The minimum atomic E-state index is -0.222. The number of nitrogens with zero attached hydrogens (tertiary/aromatic N) is 2. The first-order valence-electron chi connectivity index (χ1n) is 8.83. The van der Waals surface area contributed by atoms with E-state index in [9.17, 15) is 4.79 Å². The van der Waals surface area contributed by atoms with Crippen molar-refractivity contribution in [2.45, 2.75) is 45.2 Å². The van der Waals surface area contributed by atoms with Gasteiger partial charge in [-0.2, -0.15) is 0 Å². The van der Waals surface area contributed by atoms with Crippen LogP contribution in [0.2, 0.25) is 0 Å². The molecule has 1 aromatic rings. The summed E-state index contributed by atoms with van der Waals surface area (Å²) in [6.07, 6.45) is 2.47. The maximum atomic E-state index is 12.1. The van der Waals surface area contributed by atoms with Gasteiger partial charge in [0.05, 0.1) is 6.04 Å². The van der Waals surface area contributed by atoms with E-state index in [2.05, 4.69) is 44.7 Å². The van der Waals surface area contributed by atoms with E-state index < -0.39 is 0 Å². The van der Waals surface area contributed by atoms with E-state index >= 15 is 0 Å². The highest BCUT2D eigenvalue weighted by atomic mass is 16.2. The summed E-state index contributed by atoms with van der Waals surface area (Å²) in [6, 6.07) is 8.79. The van der Waals surface area contributed by atoms with Gasteiger partial charge in [-0.05, 0) is 64.4 Å². The van der Waals surface area contributed by atoms with Gasteiger partial charge in [0.1, 0.15) is 0 Å². The lowest BCUT2D eigenvalue weighted by Gasteiger charge is -2.29. The largest absolute Gasteiger partial charge is 0.378 e. The van der Waals surface area contributed by atoms with Gasteiger partial charge in [-0.3, -0.25) is 4.90 Å². The Balaban J connectivity index is 2.06. The molecule has 0 saturated carbocycles. The van der Waals surface area contributed by atoms with E-state index in [4.69, 9.17) is 0 Å². The second kappa shape index (κ2) is 7.88. The van der Waals surface area contributed by atoms with E-state index in [0.717, 1.165) is 13.1 Å². The molecular weight excluding hydrogens is 300 g/mol. The van der Waals surface area contributed by atoms with Gasteiger partial charge in [-0.1, -0.05) is 12.1 Å². The highest BCUT2D eigenvalue weighted by molar-refractivity contribution is 5.74. The molecule has 0 bridgehead atoms. The predicted octanol–water partition coefficient (Wildman–Crippen LogP) is 2.99. The lowest BCUT2D eigenvalue weighted by molar-refractivity contribution is 0.215. The van der Waals surface area contributed by atoms with Crippen LogP contribution in [0, 0.1) is 0 Å². The summed E-state index contributed by atoms with van der Waals surface area (Å²) < 4.78 is 0. The van der Waals surface area contributed by atoms with Crippen LogP contribution in [-0.4, -0.2) is 50.2 Å². The van der Waals surface area contributed by atoms with Crippen LogP contribution in [0.5, 0.6) is 0 Å². The molecular formula is C19H32N4O. The van der Waals surface area contributed by atoms with Gasteiger partial charge in [0.25, 0.3) is 0 Å². The van der Waals surface area contributed by atoms with Crippen molar-refractivity contribution >= 4 is 11.7 Å². The molecule has 0 radical (unpaired) electrons. The average Bonchev–Trinajstić information content (AvgIpc) is 3.00. The first kappa shape index (κ1) is 18.6. The first-order valence-corrected chi connectivity index (χ1v) is 8.83. The third-order valence-electron chi connectivity index (χ3n) is 4.32. The highest BCUT2D eigenvalue weighted by Gasteiger charge is 2.24. The molecule has 5 heteroatoms. The van der Waals surface area contributed by atoms with E-state index in [1.54, 1.807) is 0 Å². The molecule has 1 aliphatic heterocycles. The minimum Gasteiger partial charge on any atom is -0.378 e. The Morgan fingerprint density at radius 2 is 1.75 bits per heavy atom. The Hall–Kier alpha value is -1.75. The Morgan fingerprint density at radius 3 is 2.25 bits per heavy atom. The molecule has 1 aromatic carbocycles. The predicted molar refractivity (Wildman–Crippen MR) is 101 cm³/mol. The second-order valence-electron chi connectivity index (χ2n) is 7.83. The van der Waals surface area contributed by atoms with E-state index in [1.165, 1.54) is 24.1 Å². The number of hydrogen-bond acceptors (Lipinski definition) is 3. The molecule has 0 aliphatic carbocycles. The molecule has 2 N–H and O–H groups in total. The molecule has 5 nitrogen and oxygen atoms in total. The van der Waals surface area contributed by atoms with Gasteiger partial charge in [0.2, 0.25) is 0 Å². The van der Waals surface area contributed by atoms with Gasteiger partial charge in [0.15, 0.2) is 0 Å². The van der Waals surface area contributed by atoms with Gasteiger partial charge in [-0.15, -0.1) is 0 Å². The van der Waals surface area contributed by atoms with Crippen molar-refractivity contribution < 1.29 is 4.79 Å². The number of benzene rings is 1. The number of nitrogens with one attached hydrogen (secondary N) is 2. The van der Waals surface area contributed by atoms with Crippen molar-refractivity contribution in [3.63, 3.8) is 0 Å². The smallest absolute Gasteiger partial charge is 0.315 e. The Morgan fingerprint density at radius 1 is 1.17 bits per heavy atom. The van der Waals surface area contributed by atoms with Crippen molar-refractivity contribution in [3.05, 3.63) is 29.8 Å². The van der Waals surface area contributed by atoms with E-state index in [1.807, 2.05) is 34.9 Å². The lowest BCUT2D eigenvalue weighted by atomic mass is 10.0. The minimum absolute atomic E-state index is 0.100. The van der Waals surface area contributed by atoms with Crippen LogP contribution in [0.1, 0.15) is 45.2 Å². The van der Waals surface area contributed by atoms with Gasteiger partial charge in [0, 0.05) is 31.9 Å². The van der Waals surface area contributed by atoms with Crippen molar-refractivity contribution in [2.24, 2.45) is 0 Å². The van der Waals surface area contributed by atoms with Crippen molar-refractivity contribution in [1.82, 2.24) is 15.5 Å². The summed E-state index contributed by atoms with van der Waals surface area (Å²) >= 11 is 0. The number of amides is 2. The van der Waals surface area contributed by atoms with Gasteiger partial charge in [-0.25, -0.2) is 4.79 Å². The molecule has 2 rings (SSSR count). The number of carbonyl (C=O) groups excluding carboxylic acids is 1. The lowest BCUT2D eigenvalue weighted by Crippen LogP contribution is -2.48. The summed E-state index contributed by atoms with van der Waals surface area (Å²) in [5.41, 5.74) is 2.23. The first-order chi connectivity index (χ1) is 11.3. The molecule has 0 aromatic heterocycles. The molecule has 1 atom stereocenters. The fourth-order valence-corrected chi connectivity index (χ4v) is 3.08. The number of anilines is 1. The Kier molecular flexibility index (Phi) is 6.10. The maximum absolute atomic E-state index is 12.1. The number of rotatable bonds is 5. The molecule has 0 unspecified atom stereocenters. The summed E-state index contributed by atoms with van der Waals surface area (Å²) in [4.78, 5) is 16.7. The third-order valence-corrected chi connectivity index (χ3v) is 4.32. The van der Waals surface area contributed by atoms with Gasteiger partial charge >= 0.3 is 6.03 Å². The highest BCUT2D eigenvalue weighted by Crippen LogP contribution is 2.26. The average molecular weight is 332 g/mol. The Bertz CT molecular complexity index is 527. The fraction of sp³-hybridized carbons (Fsp3) is 0.632. The quantitative estimate of drug-likeness (QED) is 0.871. The zero-order chi connectivity index (χ0) is 17.7. The van der Waals surface area contributed by atoms with E-state index in [-0.39, 0.29) is 17.6 Å². The van der Waals surface area contributed by atoms with E-state index in [0.29, 0.717) is 6.54 Å². The van der Waals surface area contributed by atoms with Crippen LogP contribution in [0.25, 0.3) is 0 Å². The molecule has 1 fully saturated rings. The summed E-state index contributed by atoms with van der Waals surface area (Å²) in [5.74, 6) is 0. The van der Waals surface area contributed by atoms with Gasteiger partial charge < -0.3 is 15.5 Å². The van der Waals surface area contributed by atoms with Crippen LogP contribution >= 0.6 is 0 Å². The monoisotopic (exact) mass is 332 g/mol. The molecule has 1 heterocycles. The zero-order valence-electron chi connectivity index (χ0n) is 15.7. The van der Waals surface area contributed by atoms with Crippen LogP contribution in [0.3, 0.4) is 0 Å². The molecule has 1 saturated heterocycles. The summed E-state index contributed by atoms with van der Waals surface area (Å²) in [5, 5.41) is 6.02. The third kappa shape index (κ3) is 5.41. The number of carbonyl (C=O) groups is 1. The summed E-state index contributed by atoms with van der Waals surface area (Å²) in [6.45, 7) is 8.80. The number of urea groups is 1. The molecule has 1 aliphatic rings. The van der Waals surface area contributed by atoms with Crippen LogP contribution in [-0.2, 0) is 0 Å². The SMILES string of the molecule is CN(C)c1ccc([C@H](CNC(=O)NC(C)(C)C)N2CCCC2)cc1. The second-order valence-corrected chi connectivity index (χ2v) is 7.83. The fourth-order valence-electron chi connectivity index (χ4n) is 3.08. The normalized spacial score (nSPS) is 16.7.